The van der Waals surface area contributed by atoms with Gasteiger partial charge in [-0.2, -0.15) is 0 Å². The van der Waals surface area contributed by atoms with Gasteiger partial charge in [-0.1, -0.05) is 22.9 Å². The van der Waals surface area contributed by atoms with E-state index >= 15 is 0 Å². The minimum absolute atomic E-state index is 0.492. The molecule has 0 heterocycles. The highest BCUT2D eigenvalue weighted by atomic mass is 79.9. The van der Waals surface area contributed by atoms with Gasteiger partial charge < -0.3 is 5.73 Å². The van der Waals surface area contributed by atoms with Crippen LogP contribution >= 0.6 is 27.7 Å². The van der Waals surface area contributed by atoms with Crippen molar-refractivity contribution in [3.63, 3.8) is 0 Å². The van der Waals surface area contributed by atoms with Crippen molar-refractivity contribution in [2.45, 2.75) is 17.1 Å². The molecule has 0 aromatic heterocycles. The number of benzene rings is 1. The lowest BCUT2D eigenvalue weighted by molar-refractivity contribution is 0.951. The van der Waals surface area contributed by atoms with Gasteiger partial charge in [0, 0.05) is 21.2 Å². The quantitative estimate of drug-likeness (QED) is 0.830. The monoisotopic (exact) mass is 245 g/mol. The number of halogens is 1. The Hall–Kier alpha value is 0.01000. The second kappa shape index (κ2) is 4.90. The van der Waals surface area contributed by atoms with Crippen molar-refractivity contribution in [3.05, 3.63) is 28.7 Å². The molecule has 1 aromatic carbocycles. The Morgan fingerprint density at radius 1 is 1.42 bits per heavy atom. The molecule has 0 amide bonds. The Bertz CT molecular complexity index is 235. The van der Waals surface area contributed by atoms with E-state index < -0.39 is 0 Å². The standard InChI is InChI=1S/C9H12BrNS/c1-7(6-11)12-9-4-2-8(10)3-5-9/h2-5,7H,6,11H2,1H3/t7-/m0/s1. The molecule has 0 spiro atoms. The molecule has 66 valence electrons. The smallest absolute Gasteiger partial charge is 0.0189 e. The van der Waals surface area contributed by atoms with Crippen molar-refractivity contribution in [1.29, 1.82) is 0 Å². The number of nitrogens with two attached hydrogens (primary N) is 1. The number of rotatable bonds is 3. The number of hydrogen-bond donors (Lipinski definition) is 1. The van der Waals surface area contributed by atoms with E-state index in [9.17, 15) is 0 Å². The fraction of sp³-hybridized carbons (Fsp3) is 0.333. The lowest BCUT2D eigenvalue weighted by atomic mass is 10.4. The average molecular weight is 246 g/mol. The summed E-state index contributed by atoms with van der Waals surface area (Å²) >= 11 is 5.20. The Kier molecular flexibility index (Phi) is 4.12. The zero-order valence-electron chi connectivity index (χ0n) is 6.96. The predicted molar refractivity (Wildman–Crippen MR) is 58.5 cm³/mol. The molecule has 0 unspecified atom stereocenters. The Morgan fingerprint density at radius 3 is 2.50 bits per heavy atom. The first-order valence-electron chi connectivity index (χ1n) is 3.84. The molecule has 0 fully saturated rings. The van der Waals surface area contributed by atoms with Crippen molar-refractivity contribution in [2.75, 3.05) is 6.54 Å². The van der Waals surface area contributed by atoms with Crippen LogP contribution in [0, 0.1) is 0 Å². The second-order valence-electron chi connectivity index (χ2n) is 2.62. The maximum Gasteiger partial charge on any atom is 0.0189 e. The zero-order valence-corrected chi connectivity index (χ0v) is 9.36. The normalized spacial score (nSPS) is 12.9. The molecular formula is C9H12BrNS. The molecule has 3 heteroatoms. The predicted octanol–water partition coefficient (Wildman–Crippen LogP) is 2.89. The molecule has 0 radical (unpaired) electrons. The fourth-order valence-electron chi connectivity index (χ4n) is 0.794. The number of thioether (sulfide) groups is 1. The molecular weight excluding hydrogens is 234 g/mol. The summed E-state index contributed by atoms with van der Waals surface area (Å²) in [6.45, 7) is 2.85. The largest absolute Gasteiger partial charge is 0.329 e. The molecule has 2 N–H and O–H groups in total. The van der Waals surface area contributed by atoms with Crippen LogP contribution in [0.15, 0.2) is 33.6 Å². The molecule has 0 bridgehead atoms. The molecule has 0 aliphatic heterocycles. The van der Waals surface area contributed by atoms with Crippen LogP contribution in [0.3, 0.4) is 0 Å². The van der Waals surface area contributed by atoms with E-state index in [4.69, 9.17) is 5.73 Å². The van der Waals surface area contributed by atoms with Crippen LogP contribution in [0.5, 0.6) is 0 Å². The van der Waals surface area contributed by atoms with E-state index in [0.717, 1.165) is 11.0 Å². The summed E-state index contributed by atoms with van der Waals surface area (Å²) in [5, 5.41) is 0.492. The van der Waals surface area contributed by atoms with E-state index in [2.05, 4.69) is 35.0 Å². The van der Waals surface area contributed by atoms with Crippen molar-refractivity contribution in [3.8, 4) is 0 Å². The highest BCUT2D eigenvalue weighted by molar-refractivity contribution is 9.10. The van der Waals surface area contributed by atoms with E-state index in [1.807, 2.05) is 12.1 Å². The Balaban J connectivity index is 2.58. The van der Waals surface area contributed by atoms with Gasteiger partial charge in [0.25, 0.3) is 0 Å². The van der Waals surface area contributed by atoms with Crippen LogP contribution in [0.1, 0.15) is 6.92 Å². The molecule has 0 aliphatic carbocycles. The lowest BCUT2D eigenvalue weighted by Crippen LogP contribution is -2.11. The van der Waals surface area contributed by atoms with Crippen LogP contribution in [0.2, 0.25) is 0 Å². The SMILES string of the molecule is C[C@@H](CN)Sc1ccc(Br)cc1. The van der Waals surface area contributed by atoms with E-state index in [1.54, 1.807) is 11.8 Å². The highest BCUT2D eigenvalue weighted by Crippen LogP contribution is 2.23. The van der Waals surface area contributed by atoms with Gasteiger partial charge in [0.05, 0.1) is 0 Å². The van der Waals surface area contributed by atoms with E-state index in [1.165, 1.54) is 4.90 Å². The maximum absolute atomic E-state index is 5.52. The molecule has 1 rings (SSSR count). The van der Waals surface area contributed by atoms with Gasteiger partial charge in [0.2, 0.25) is 0 Å². The van der Waals surface area contributed by atoms with Crippen molar-refractivity contribution in [1.82, 2.24) is 0 Å². The Morgan fingerprint density at radius 2 is 2.00 bits per heavy atom. The molecule has 0 saturated heterocycles. The van der Waals surface area contributed by atoms with Crippen molar-refractivity contribution in [2.24, 2.45) is 5.73 Å². The fourth-order valence-corrected chi connectivity index (χ4v) is 1.91. The summed E-state index contributed by atoms with van der Waals surface area (Å²) in [5.41, 5.74) is 5.52. The van der Waals surface area contributed by atoms with Gasteiger partial charge in [-0.05, 0) is 24.3 Å². The Labute approximate surface area is 85.9 Å². The van der Waals surface area contributed by atoms with Crippen LogP contribution in [-0.4, -0.2) is 11.8 Å². The van der Waals surface area contributed by atoms with Crippen LogP contribution < -0.4 is 5.73 Å². The zero-order chi connectivity index (χ0) is 8.97. The molecule has 1 nitrogen and oxygen atoms in total. The maximum atomic E-state index is 5.52. The summed E-state index contributed by atoms with van der Waals surface area (Å²) < 4.78 is 1.12. The first-order chi connectivity index (χ1) is 5.72. The van der Waals surface area contributed by atoms with Gasteiger partial charge in [0.15, 0.2) is 0 Å². The second-order valence-corrected chi connectivity index (χ2v) is 5.05. The van der Waals surface area contributed by atoms with E-state index in [0.29, 0.717) is 5.25 Å². The minimum Gasteiger partial charge on any atom is -0.329 e. The third-order valence-electron chi connectivity index (χ3n) is 1.48. The first-order valence-corrected chi connectivity index (χ1v) is 5.52. The van der Waals surface area contributed by atoms with Gasteiger partial charge in [-0.15, -0.1) is 11.8 Å². The summed E-state index contributed by atoms with van der Waals surface area (Å²) in [4.78, 5) is 1.27. The summed E-state index contributed by atoms with van der Waals surface area (Å²) in [6, 6.07) is 8.29. The first kappa shape index (κ1) is 10.1. The summed E-state index contributed by atoms with van der Waals surface area (Å²) in [6.07, 6.45) is 0. The highest BCUT2D eigenvalue weighted by Gasteiger charge is 2.00. The number of hydrogen-bond acceptors (Lipinski definition) is 2. The third-order valence-corrected chi connectivity index (χ3v) is 3.15. The molecule has 0 aliphatic rings. The molecule has 1 atom stereocenters. The van der Waals surface area contributed by atoms with Gasteiger partial charge >= 0.3 is 0 Å². The van der Waals surface area contributed by atoms with Crippen LogP contribution in [-0.2, 0) is 0 Å². The third kappa shape index (κ3) is 3.17. The summed E-state index contributed by atoms with van der Waals surface area (Å²) in [5.74, 6) is 0. The van der Waals surface area contributed by atoms with Crippen LogP contribution in [0.4, 0.5) is 0 Å². The van der Waals surface area contributed by atoms with Crippen molar-refractivity contribution >= 4 is 27.7 Å². The molecule has 12 heavy (non-hydrogen) atoms. The topological polar surface area (TPSA) is 26.0 Å². The van der Waals surface area contributed by atoms with Gasteiger partial charge in [0.1, 0.15) is 0 Å². The average Bonchev–Trinajstić information content (AvgIpc) is 2.09. The van der Waals surface area contributed by atoms with Crippen molar-refractivity contribution < 1.29 is 0 Å². The molecule has 0 saturated carbocycles. The van der Waals surface area contributed by atoms with E-state index in [-0.39, 0.29) is 0 Å². The van der Waals surface area contributed by atoms with Gasteiger partial charge in [-0.3, -0.25) is 0 Å². The van der Waals surface area contributed by atoms with Gasteiger partial charge in [-0.25, -0.2) is 0 Å². The minimum atomic E-state index is 0.492. The lowest BCUT2D eigenvalue weighted by Gasteiger charge is -2.07. The molecule has 1 aromatic rings. The summed E-state index contributed by atoms with van der Waals surface area (Å²) in [7, 11) is 0. The van der Waals surface area contributed by atoms with Crippen LogP contribution in [0.25, 0.3) is 0 Å².